The van der Waals surface area contributed by atoms with Crippen LogP contribution in [0.3, 0.4) is 0 Å². The number of carbonyl (C=O) groups is 1. The van der Waals surface area contributed by atoms with Crippen molar-refractivity contribution in [1.82, 2.24) is 0 Å². The first-order valence-corrected chi connectivity index (χ1v) is 13.0. The zero-order chi connectivity index (χ0) is 21.9. The molecule has 1 aliphatic rings. The number of ether oxygens (including phenoxy) is 3. The van der Waals surface area contributed by atoms with Gasteiger partial charge in [-0.15, -0.1) is 0 Å². The fourth-order valence-corrected chi connectivity index (χ4v) is 4.10. The van der Waals surface area contributed by atoms with E-state index in [0.29, 0.717) is 19.6 Å². The second-order valence-corrected chi connectivity index (χ2v) is 9.54. The van der Waals surface area contributed by atoms with Crippen molar-refractivity contribution in [2.75, 3.05) is 13.2 Å². The molecule has 1 unspecified atom stereocenters. The van der Waals surface area contributed by atoms with E-state index in [9.17, 15) is 4.79 Å². The van der Waals surface area contributed by atoms with Crippen molar-refractivity contribution < 1.29 is 19.0 Å². The van der Waals surface area contributed by atoms with E-state index < -0.39 is 5.79 Å². The summed E-state index contributed by atoms with van der Waals surface area (Å²) in [6.45, 7) is 6.85. The van der Waals surface area contributed by atoms with E-state index in [2.05, 4.69) is 6.92 Å². The highest BCUT2D eigenvalue weighted by Gasteiger charge is 2.33. The molecule has 4 nitrogen and oxygen atoms in total. The van der Waals surface area contributed by atoms with Gasteiger partial charge in [-0.1, -0.05) is 110 Å². The van der Waals surface area contributed by atoms with E-state index in [1.165, 1.54) is 96.3 Å². The molecule has 1 atom stereocenters. The van der Waals surface area contributed by atoms with Crippen molar-refractivity contribution in [2.24, 2.45) is 0 Å². The molecule has 0 spiro atoms. The van der Waals surface area contributed by atoms with Gasteiger partial charge in [-0.2, -0.15) is 0 Å². The summed E-state index contributed by atoms with van der Waals surface area (Å²) in [7, 11) is 0. The van der Waals surface area contributed by atoms with Crippen LogP contribution in [-0.4, -0.2) is 31.1 Å². The molecule has 1 saturated heterocycles. The van der Waals surface area contributed by atoms with Gasteiger partial charge in [0.05, 0.1) is 6.61 Å². The van der Waals surface area contributed by atoms with Gasteiger partial charge in [0.2, 0.25) is 0 Å². The molecule has 0 aromatic rings. The van der Waals surface area contributed by atoms with Gasteiger partial charge in [0.15, 0.2) is 5.79 Å². The fourth-order valence-electron chi connectivity index (χ4n) is 4.10. The number of unbranched alkanes of at least 4 members (excludes halogenated alkanes) is 16. The van der Waals surface area contributed by atoms with E-state index in [0.717, 1.165) is 12.8 Å². The first kappa shape index (κ1) is 27.4. The van der Waals surface area contributed by atoms with Crippen LogP contribution < -0.4 is 0 Å². The highest BCUT2D eigenvalue weighted by Crippen LogP contribution is 2.22. The molecule has 0 aliphatic carbocycles. The van der Waals surface area contributed by atoms with Crippen LogP contribution in [0.2, 0.25) is 0 Å². The van der Waals surface area contributed by atoms with Gasteiger partial charge in [0, 0.05) is 6.42 Å². The Morgan fingerprint density at radius 2 is 1.20 bits per heavy atom. The molecule has 30 heavy (non-hydrogen) atoms. The average molecular weight is 427 g/mol. The summed E-state index contributed by atoms with van der Waals surface area (Å²) in [6.07, 6.45) is 23.3. The zero-order valence-electron chi connectivity index (χ0n) is 20.4. The molecule has 0 saturated carbocycles. The van der Waals surface area contributed by atoms with E-state index in [1.807, 2.05) is 13.8 Å². The Hall–Kier alpha value is -0.610. The molecule has 1 fully saturated rings. The van der Waals surface area contributed by atoms with Crippen LogP contribution in [0.25, 0.3) is 0 Å². The van der Waals surface area contributed by atoms with Crippen LogP contribution in [0.4, 0.5) is 0 Å². The van der Waals surface area contributed by atoms with Gasteiger partial charge in [-0.25, -0.2) is 0 Å². The maximum atomic E-state index is 11.8. The van der Waals surface area contributed by atoms with Crippen molar-refractivity contribution in [3.63, 3.8) is 0 Å². The highest BCUT2D eigenvalue weighted by molar-refractivity contribution is 5.69. The predicted molar refractivity (Wildman–Crippen MR) is 125 cm³/mol. The van der Waals surface area contributed by atoms with Crippen LogP contribution in [0, 0.1) is 0 Å². The van der Waals surface area contributed by atoms with Gasteiger partial charge >= 0.3 is 5.97 Å². The highest BCUT2D eigenvalue weighted by atomic mass is 16.7. The summed E-state index contributed by atoms with van der Waals surface area (Å²) in [5.41, 5.74) is 0. The minimum absolute atomic E-state index is 0.107. The zero-order valence-corrected chi connectivity index (χ0v) is 20.4. The Bertz CT molecular complexity index is 408. The van der Waals surface area contributed by atoms with Crippen LogP contribution in [0.1, 0.15) is 136 Å². The molecule has 0 N–H and O–H groups in total. The quantitative estimate of drug-likeness (QED) is 0.148. The summed E-state index contributed by atoms with van der Waals surface area (Å²) in [6, 6.07) is 0. The van der Waals surface area contributed by atoms with E-state index in [1.54, 1.807) is 0 Å². The van der Waals surface area contributed by atoms with E-state index in [-0.39, 0.29) is 12.1 Å². The van der Waals surface area contributed by atoms with Gasteiger partial charge in [-0.05, 0) is 20.3 Å². The summed E-state index contributed by atoms with van der Waals surface area (Å²) in [5.74, 6) is -0.658. The number of carbonyl (C=O) groups excluding carboxylic acids is 1. The SMILES string of the molecule is CCCCCCCCCCCCCCCCCCCC(=O)OCC1COC(C)(C)O1. The first-order chi connectivity index (χ1) is 14.5. The van der Waals surface area contributed by atoms with Crippen molar-refractivity contribution >= 4 is 5.97 Å². The van der Waals surface area contributed by atoms with Gasteiger partial charge in [0.1, 0.15) is 12.7 Å². The number of esters is 1. The maximum Gasteiger partial charge on any atom is 0.305 e. The Balaban J connectivity index is 1.74. The minimum atomic E-state index is -0.551. The molecule has 178 valence electrons. The van der Waals surface area contributed by atoms with Gasteiger partial charge in [0.25, 0.3) is 0 Å². The topological polar surface area (TPSA) is 44.8 Å². The monoisotopic (exact) mass is 426 g/mol. The molecule has 0 radical (unpaired) electrons. The average Bonchev–Trinajstić information content (AvgIpc) is 3.07. The molecule has 1 aliphatic heterocycles. The molecule has 0 aromatic carbocycles. The third-order valence-corrected chi connectivity index (χ3v) is 5.98. The van der Waals surface area contributed by atoms with Crippen molar-refractivity contribution in [2.45, 2.75) is 148 Å². The third-order valence-electron chi connectivity index (χ3n) is 5.98. The minimum Gasteiger partial charge on any atom is -0.463 e. The molecule has 1 rings (SSSR count). The van der Waals surface area contributed by atoms with Gasteiger partial charge in [-0.3, -0.25) is 4.79 Å². The fraction of sp³-hybridized carbons (Fsp3) is 0.962. The molecule has 0 aromatic heterocycles. The predicted octanol–water partition coefficient (Wildman–Crippen LogP) is 7.72. The van der Waals surface area contributed by atoms with E-state index >= 15 is 0 Å². The lowest BCUT2D eigenvalue weighted by Gasteiger charge is -2.16. The maximum absolute atomic E-state index is 11.8. The number of hydrogen-bond acceptors (Lipinski definition) is 4. The van der Waals surface area contributed by atoms with E-state index in [4.69, 9.17) is 14.2 Å². The molecule has 0 bridgehead atoms. The molecule has 4 heteroatoms. The first-order valence-electron chi connectivity index (χ1n) is 13.0. The summed E-state index contributed by atoms with van der Waals surface area (Å²) >= 11 is 0. The lowest BCUT2D eigenvalue weighted by molar-refractivity contribution is -0.158. The Kier molecular flexibility index (Phi) is 16.5. The summed E-state index contributed by atoms with van der Waals surface area (Å²) < 4.78 is 16.4. The molecular weight excluding hydrogens is 376 g/mol. The lowest BCUT2D eigenvalue weighted by Crippen LogP contribution is -2.25. The largest absolute Gasteiger partial charge is 0.463 e. The second-order valence-electron chi connectivity index (χ2n) is 9.54. The number of rotatable bonds is 20. The smallest absolute Gasteiger partial charge is 0.305 e. The molecule has 1 heterocycles. The van der Waals surface area contributed by atoms with Crippen molar-refractivity contribution in [3.05, 3.63) is 0 Å². The Morgan fingerprint density at radius 1 is 0.767 bits per heavy atom. The Labute approximate surface area is 186 Å². The number of hydrogen-bond donors (Lipinski definition) is 0. The van der Waals surface area contributed by atoms with Crippen LogP contribution in [0.5, 0.6) is 0 Å². The summed E-state index contributed by atoms with van der Waals surface area (Å²) in [5, 5.41) is 0. The van der Waals surface area contributed by atoms with Crippen LogP contribution >= 0.6 is 0 Å². The standard InChI is InChI=1S/C26H50O4/c1-4-5-6-7-8-9-10-11-12-13-14-15-16-17-18-19-20-21-25(27)28-22-24-23-29-26(2,3)30-24/h24H,4-23H2,1-3H3. The second kappa shape index (κ2) is 18.0. The molecule has 0 amide bonds. The van der Waals surface area contributed by atoms with Gasteiger partial charge < -0.3 is 14.2 Å². The lowest BCUT2D eigenvalue weighted by atomic mass is 10.0. The third kappa shape index (κ3) is 16.1. The molecular formula is C26H50O4. The summed E-state index contributed by atoms with van der Waals surface area (Å²) in [4.78, 5) is 11.8. The Morgan fingerprint density at radius 3 is 1.60 bits per heavy atom. The van der Waals surface area contributed by atoms with Crippen molar-refractivity contribution in [3.8, 4) is 0 Å². The van der Waals surface area contributed by atoms with Crippen LogP contribution in [-0.2, 0) is 19.0 Å². The van der Waals surface area contributed by atoms with Crippen LogP contribution in [0.15, 0.2) is 0 Å². The van der Waals surface area contributed by atoms with Crippen molar-refractivity contribution in [1.29, 1.82) is 0 Å². The normalized spacial score (nSPS) is 18.0.